The molecule has 0 heterocycles. The van der Waals surface area contributed by atoms with Crippen LogP contribution in [0.1, 0.15) is 28.4 Å². The molecule has 3 N–H and O–H groups in total. The first-order chi connectivity index (χ1) is 10.1. The Hall–Kier alpha value is -2.33. The molecule has 108 valence electrons. The Morgan fingerprint density at radius 3 is 2.62 bits per heavy atom. The summed E-state index contributed by atoms with van der Waals surface area (Å²) in [4.78, 5) is 10.8. The zero-order valence-corrected chi connectivity index (χ0v) is 11.6. The maximum Gasteiger partial charge on any atom is 0.255 e. The van der Waals surface area contributed by atoms with Gasteiger partial charge in [-0.25, -0.2) is 0 Å². The highest BCUT2D eigenvalue weighted by atomic mass is 16.5. The maximum atomic E-state index is 10.8. The van der Waals surface area contributed by atoms with E-state index in [1.54, 1.807) is 6.07 Å². The zero-order chi connectivity index (χ0) is 14.8. The van der Waals surface area contributed by atoms with Crippen LogP contribution in [-0.2, 0) is 17.6 Å². The van der Waals surface area contributed by atoms with Crippen molar-refractivity contribution in [3.8, 4) is 5.75 Å². The zero-order valence-electron chi connectivity index (χ0n) is 11.6. The molecule has 0 saturated heterocycles. The molecule has 0 saturated carbocycles. The number of carbonyl (C=O) groups is 1. The standard InChI is InChI=1S/C17H17NO3/c18-16(19)10-21-13-8-7-12-6-5-11-3-1-2-4-14(11)17(20)15(12)9-13/h1-4,7-9,17,20H,5-6,10H2,(H2,18,19). The molecule has 2 aromatic rings. The number of primary amides is 1. The van der Waals surface area contributed by atoms with Crippen LogP contribution in [0.4, 0.5) is 0 Å². The number of ether oxygens (including phenoxy) is 1. The number of hydrogen-bond donors (Lipinski definition) is 2. The number of fused-ring (bicyclic) bond motifs is 2. The van der Waals surface area contributed by atoms with Crippen LogP contribution >= 0.6 is 0 Å². The summed E-state index contributed by atoms with van der Waals surface area (Å²) < 4.78 is 5.32. The van der Waals surface area contributed by atoms with Crippen molar-refractivity contribution in [2.75, 3.05) is 6.61 Å². The Bertz CT molecular complexity index is 681. The highest BCUT2D eigenvalue weighted by Gasteiger charge is 2.21. The summed E-state index contributed by atoms with van der Waals surface area (Å²) in [6.07, 6.45) is 1.11. The van der Waals surface area contributed by atoms with E-state index in [4.69, 9.17) is 10.5 Å². The van der Waals surface area contributed by atoms with Crippen molar-refractivity contribution in [1.29, 1.82) is 0 Å². The molecule has 0 radical (unpaired) electrons. The molecule has 1 atom stereocenters. The van der Waals surface area contributed by atoms with Gasteiger partial charge >= 0.3 is 0 Å². The number of aryl methyl sites for hydroxylation is 2. The minimum absolute atomic E-state index is 0.161. The topological polar surface area (TPSA) is 72.6 Å². The number of hydrogen-bond acceptors (Lipinski definition) is 3. The number of aliphatic hydroxyl groups excluding tert-OH is 1. The van der Waals surface area contributed by atoms with Gasteiger partial charge in [0.05, 0.1) is 0 Å². The summed E-state index contributed by atoms with van der Waals surface area (Å²) in [7, 11) is 0. The summed E-state index contributed by atoms with van der Waals surface area (Å²) in [5, 5.41) is 10.6. The summed E-state index contributed by atoms with van der Waals surface area (Å²) in [5.41, 5.74) is 9.12. The first kappa shape index (κ1) is 13.6. The number of benzene rings is 2. The van der Waals surface area contributed by atoms with Crippen LogP contribution in [0.15, 0.2) is 42.5 Å². The lowest BCUT2D eigenvalue weighted by Gasteiger charge is -2.15. The first-order valence-corrected chi connectivity index (χ1v) is 6.95. The van der Waals surface area contributed by atoms with E-state index in [2.05, 4.69) is 6.07 Å². The Balaban J connectivity index is 1.96. The molecule has 3 rings (SSSR count). The van der Waals surface area contributed by atoms with Crippen LogP contribution in [0.25, 0.3) is 0 Å². The molecule has 1 aliphatic carbocycles. The molecule has 0 fully saturated rings. The number of aliphatic hydroxyl groups is 1. The van der Waals surface area contributed by atoms with Gasteiger partial charge in [0, 0.05) is 0 Å². The SMILES string of the molecule is NC(=O)COc1ccc2c(c1)C(O)c1ccccc1CC2. The molecule has 4 heteroatoms. The minimum atomic E-state index is -0.671. The van der Waals surface area contributed by atoms with Gasteiger partial charge in [-0.3, -0.25) is 4.79 Å². The third kappa shape index (κ3) is 2.76. The van der Waals surface area contributed by atoms with E-state index in [1.807, 2.05) is 30.3 Å². The van der Waals surface area contributed by atoms with E-state index in [9.17, 15) is 9.90 Å². The molecule has 1 unspecified atom stereocenters. The van der Waals surface area contributed by atoms with Crippen molar-refractivity contribution in [2.24, 2.45) is 5.73 Å². The van der Waals surface area contributed by atoms with E-state index in [0.717, 1.165) is 29.5 Å². The number of amides is 1. The Morgan fingerprint density at radius 2 is 1.86 bits per heavy atom. The smallest absolute Gasteiger partial charge is 0.255 e. The molecule has 4 nitrogen and oxygen atoms in total. The molecule has 0 aromatic heterocycles. The fourth-order valence-corrected chi connectivity index (χ4v) is 2.76. The van der Waals surface area contributed by atoms with Crippen LogP contribution in [0, 0.1) is 0 Å². The highest BCUT2D eigenvalue weighted by Crippen LogP contribution is 2.34. The lowest BCUT2D eigenvalue weighted by molar-refractivity contribution is -0.119. The molecule has 21 heavy (non-hydrogen) atoms. The van der Waals surface area contributed by atoms with Gasteiger partial charge < -0.3 is 15.6 Å². The van der Waals surface area contributed by atoms with Gasteiger partial charge in [0.1, 0.15) is 11.9 Å². The number of carbonyl (C=O) groups excluding carboxylic acids is 1. The number of nitrogens with two attached hydrogens (primary N) is 1. The third-order valence-corrected chi connectivity index (χ3v) is 3.81. The predicted molar refractivity (Wildman–Crippen MR) is 79.0 cm³/mol. The lowest BCUT2D eigenvalue weighted by atomic mass is 9.97. The average Bonchev–Trinajstić information content (AvgIpc) is 2.63. The molecule has 2 aromatic carbocycles. The Morgan fingerprint density at radius 1 is 1.14 bits per heavy atom. The quantitative estimate of drug-likeness (QED) is 0.901. The summed E-state index contributed by atoms with van der Waals surface area (Å²) in [6.45, 7) is -0.161. The van der Waals surface area contributed by atoms with Crippen LogP contribution in [-0.4, -0.2) is 17.6 Å². The maximum absolute atomic E-state index is 10.8. The second-order valence-electron chi connectivity index (χ2n) is 5.22. The van der Waals surface area contributed by atoms with E-state index in [1.165, 1.54) is 5.56 Å². The Labute approximate surface area is 123 Å². The third-order valence-electron chi connectivity index (χ3n) is 3.81. The summed E-state index contributed by atoms with van der Waals surface area (Å²) in [5.74, 6) is 0.0295. The largest absolute Gasteiger partial charge is 0.484 e. The highest BCUT2D eigenvalue weighted by molar-refractivity contribution is 5.75. The van der Waals surface area contributed by atoms with Crippen molar-refractivity contribution in [3.05, 3.63) is 64.7 Å². The van der Waals surface area contributed by atoms with Crippen molar-refractivity contribution >= 4 is 5.91 Å². The summed E-state index contributed by atoms with van der Waals surface area (Å²) in [6, 6.07) is 13.5. The van der Waals surface area contributed by atoms with Crippen molar-refractivity contribution in [1.82, 2.24) is 0 Å². The van der Waals surface area contributed by atoms with Crippen LogP contribution in [0.2, 0.25) is 0 Å². The van der Waals surface area contributed by atoms with E-state index >= 15 is 0 Å². The lowest BCUT2D eigenvalue weighted by Crippen LogP contribution is -2.20. The molecular weight excluding hydrogens is 266 g/mol. The van der Waals surface area contributed by atoms with Crippen molar-refractivity contribution in [3.63, 3.8) is 0 Å². The monoisotopic (exact) mass is 283 g/mol. The molecule has 0 bridgehead atoms. The van der Waals surface area contributed by atoms with Gasteiger partial charge in [-0.2, -0.15) is 0 Å². The van der Waals surface area contributed by atoms with Gasteiger partial charge in [-0.05, 0) is 47.2 Å². The summed E-state index contributed by atoms with van der Waals surface area (Å²) >= 11 is 0. The predicted octanol–water partition coefficient (Wildman–Crippen LogP) is 1.73. The fourth-order valence-electron chi connectivity index (χ4n) is 2.76. The molecule has 1 amide bonds. The second kappa shape index (κ2) is 5.58. The van der Waals surface area contributed by atoms with Gasteiger partial charge in [0.2, 0.25) is 0 Å². The van der Waals surface area contributed by atoms with E-state index in [-0.39, 0.29) is 6.61 Å². The van der Waals surface area contributed by atoms with Crippen molar-refractivity contribution in [2.45, 2.75) is 18.9 Å². The molecule has 0 aliphatic heterocycles. The molecular formula is C17H17NO3. The van der Waals surface area contributed by atoms with Gasteiger partial charge in [0.15, 0.2) is 6.61 Å². The minimum Gasteiger partial charge on any atom is -0.484 e. The average molecular weight is 283 g/mol. The van der Waals surface area contributed by atoms with E-state index < -0.39 is 12.0 Å². The van der Waals surface area contributed by atoms with Gasteiger partial charge in [-0.1, -0.05) is 30.3 Å². The van der Waals surface area contributed by atoms with Gasteiger partial charge in [-0.15, -0.1) is 0 Å². The first-order valence-electron chi connectivity index (χ1n) is 6.95. The Kier molecular flexibility index (Phi) is 3.62. The number of rotatable bonds is 3. The molecule has 1 aliphatic rings. The fraction of sp³-hybridized carbons (Fsp3) is 0.235. The van der Waals surface area contributed by atoms with Crippen LogP contribution < -0.4 is 10.5 Å². The van der Waals surface area contributed by atoms with Crippen LogP contribution in [0.5, 0.6) is 5.75 Å². The molecule has 0 spiro atoms. The van der Waals surface area contributed by atoms with Gasteiger partial charge in [0.25, 0.3) is 5.91 Å². The van der Waals surface area contributed by atoms with Crippen LogP contribution in [0.3, 0.4) is 0 Å². The van der Waals surface area contributed by atoms with Crippen molar-refractivity contribution < 1.29 is 14.6 Å². The second-order valence-corrected chi connectivity index (χ2v) is 5.22. The normalized spacial score (nSPS) is 16.5. The van der Waals surface area contributed by atoms with E-state index in [0.29, 0.717) is 5.75 Å².